The Kier molecular flexibility index (Phi) is 9.81. The molecule has 3 aliphatic rings. The van der Waals surface area contributed by atoms with Crippen LogP contribution in [0.1, 0.15) is 48.2 Å². The summed E-state index contributed by atoms with van der Waals surface area (Å²) >= 11 is 0. The molecule has 7 atom stereocenters. The Morgan fingerprint density at radius 3 is 2.51 bits per heavy atom. The highest BCUT2D eigenvalue weighted by Crippen LogP contribution is 2.46. The molecule has 7 rings (SSSR count). The molecule has 2 saturated heterocycles. The highest BCUT2D eigenvalue weighted by atomic mass is 16.7. The fourth-order valence-corrected chi connectivity index (χ4v) is 7.07. The molecule has 258 valence electrons. The molecule has 2 aliphatic heterocycles. The number of carbonyl (C=O) groups excluding carboxylic acids is 2. The van der Waals surface area contributed by atoms with Gasteiger partial charge in [-0.3, -0.25) is 10.2 Å². The number of aliphatic hydroxyl groups excluding tert-OH is 1. The molecular formula is C37H43N5O7. The van der Waals surface area contributed by atoms with Crippen LogP contribution in [0.4, 0.5) is 10.8 Å². The van der Waals surface area contributed by atoms with Gasteiger partial charge in [-0.1, -0.05) is 60.7 Å². The second-order valence-corrected chi connectivity index (χ2v) is 13.6. The van der Waals surface area contributed by atoms with Crippen molar-refractivity contribution in [2.45, 2.75) is 76.3 Å². The fraction of sp³-hybridized carbons (Fsp3) is 0.432. The first-order valence-corrected chi connectivity index (χ1v) is 17.0. The maximum Gasteiger partial charge on any atom is 0.407 e. The number of benzene rings is 3. The van der Waals surface area contributed by atoms with E-state index < -0.39 is 24.3 Å². The van der Waals surface area contributed by atoms with Crippen LogP contribution in [0.3, 0.4) is 0 Å². The number of alkyl carbamates (subject to hydrolysis) is 1. The van der Waals surface area contributed by atoms with E-state index in [9.17, 15) is 14.7 Å². The lowest BCUT2D eigenvalue weighted by Gasteiger charge is -2.37. The summed E-state index contributed by atoms with van der Waals surface area (Å²) < 4.78 is 23.7. The van der Waals surface area contributed by atoms with Gasteiger partial charge in [-0.2, -0.15) is 4.98 Å². The van der Waals surface area contributed by atoms with Gasteiger partial charge in [0.05, 0.1) is 24.9 Å². The summed E-state index contributed by atoms with van der Waals surface area (Å²) in [6.45, 7) is 4.80. The third-order valence-electron chi connectivity index (χ3n) is 9.40. The number of fused-ring (bicyclic) bond motifs is 3. The summed E-state index contributed by atoms with van der Waals surface area (Å²) in [6, 6.07) is 24.2. The Hall–Kier alpha value is -4.49. The number of hydrazine groups is 1. The van der Waals surface area contributed by atoms with E-state index in [4.69, 9.17) is 18.6 Å². The SMILES string of the molecule is CC(C)Nc1nc2ccc(C(=O)NN(Cc3ccccc3)C[C@H](O)[C@H](Cc3ccccc3)NC(=O)OC3C4COC5OC3CC5C4)cc2o1. The molecule has 2 amide bonds. The molecule has 4 aromatic rings. The van der Waals surface area contributed by atoms with Crippen LogP contribution >= 0.6 is 0 Å². The molecule has 1 saturated carbocycles. The number of amides is 2. The molecule has 12 nitrogen and oxygen atoms in total. The predicted octanol–water partition coefficient (Wildman–Crippen LogP) is 4.64. The number of anilines is 1. The van der Waals surface area contributed by atoms with Crippen molar-refractivity contribution in [3.05, 3.63) is 95.6 Å². The summed E-state index contributed by atoms with van der Waals surface area (Å²) in [5, 5.41) is 19.5. The van der Waals surface area contributed by atoms with Crippen molar-refractivity contribution in [2.24, 2.45) is 11.8 Å². The van der Waals surface area contributed by atoms with E-state index >= 15 is 0 Å². The van der Waals surface area contributed by atoms with Crippen LogP contribution < -0.4 is 16.1 Å². The van der Waals surface area contributed by atoms with E-state index in [0.29, 0.717) is 48.2 Å². The van der Waals surface area contributed by atoms with Crippen molar-refractivity contribution in [3.63, 3.8) is 0 Å². The highest BCUT2D eigenvalue weighted by molar-refractivity contribution is 5.96. The second-order valence-electron chi connectivity index (χ2n) is 13.6. The normalized spacial score (nSPS) is 23.8. The Morgan fingerprint density at radius 1 is 1.00 bits per heavy atom. The van der Waals surface area contributed by atoms with Gasteiger partial charge in [0.15, 0.2) is 11.9 Å². The zero-order valence-corrected chi connectivity index (χ0v) is 27.7. The minimum absolute atomic E-state index is 0.0143. The molecule has 5 unspecified atom stereocenters. The largest absolute Gasteiger partial charge is 0.443 e. The van der Waals surface area contributed by atoms with Crippen molar-refractivity contribution < 1.29 is 33.3 Å². The van der Waals surface area contributed by atoms with Gasteiger partial charge in [-0.05, 0) is 62.4 Å². The Bertz CT molecular complexity index is 1730. The van der Waals surface area contributed by atoms with Crippen LogP contribution in [0, 0.1) is 11.8 Å². The highest BCUT2D eigenvalue weighted by Gasteiger charge is 2.53. The summed E-state index contributed by atoms with van der Waals surface area (Å²) in [6.07, 6.45) is -0.459. The molecule has 1 aliphatic carbocycles. The molecule has 1 aromatic heterocycles. The molecule has 12 heteroatoms. The summed E-state index contributed by atoms with van der Waals surface area (Å²) in [5.41, 5.74) is 6.32. The molecule has 3 aromatic carbocycles. The monoisotopic (exact) mass is 669 g/mol. The van der Waals surface area contributed by atoms with Crippen molar-refractivity contribution in [1.82, 2.24) is 20.7 Å². The Balaban J connectivity index is 1.07. The lowest BCUT2D eigenvalue weighted by molar-refractivity contribution is -0.153. The quantitative estimate of drug-likeness (QED) is 0.149. The number of hydrogen-bond donors (Lipinski definition) is 4. The number of nitrogens with one attached hydrogen (secondary N) is 3. The maximum absolute atomic E-state index is 13.6. The number of aromatic nitrogens is 1. The van der Waals surface area contributed by atoms with E-state index in [2.05, 4.69) is 21.0 Å². The van der Waals surface area contributed by atoms with E-state index in [1.54, 1.807) is 23.2 Å². The van der Waals surface area contributed by atoms with Crippen LogP contribution in [0.2, 0.25) is 0 Å². The first kappa shape index (κ1) is 33.0. The smallest absolute Gasteiger partial charge is 0.407 e. The minimum atomic E-state index is -1.09. The summed E-state index contributed by atoms with van der Waals surface area (Å²) in [5.74, 6) is 0.0507. The van der Waals surface area contributed by atoms with Gasteiger partial charge in [0.2, 0.25) is 0 Å². The van der Waals surface area contributed by atoms with Crippen LogP contribution in [0.25, 0.3) is 11.1 Å². The van der Waals surface area contributed by atoms with Crippen molar-refractivity contribution >= 4 is 29.1 Å². The zero-order chi connectivity index (χ0) is 33.9. The molecule has 3 heterocycles. The van der Waals surface area contributed by atoms with Gasteiger partial charge in [0.25, 0.3) is 11.9 Å². The number of hydrogen-bond acceptors (Lipinski definition) is 10. The van der Waals surface area contributed by atoms with Gasteiger partial charge >= 0.3 is 6.09 Å². The molecule has 4 N–H and O–H groups in total. The molecule has 0 radical (unpaired) electrons. The first-order valence-electron chi connectivity index (χ1n) is 17.0. The van der Waals surface area contributed by atoms with E-state index in [1.165, 1.54) is 0 Å². The van der Waals surface area contributed by atoms with Crippen LogP contribution in [0.15, 0.2) is 83.3 Å². The Morgan fingerprint density at radius 2 is 1.76 bits per heavy atom. The van der Waals surface area contributed by atoms with Crippen LogP contribution in [0.5, 0.6) is 0 Å². The number of rotatable bonds is 13. The van der Waals surface area contributed by atoms with Crippen molar-refractivity contribution in [1.29, 1.82) is 0 Å². The van der Waals surface area contributed by atoms with Gasteiger partial charge < -0.3 is 34.4 Å². The van der Waals surface area contributed by atoms with Gasteiger partial charge in [0, 0.05) is 36.5 Å². The topological polar surface area (TPSA) is 147 Å². The lowest BCUT2D eigenvalue weighted by Crippen LogP contribution is -2.54. The molecular weight excluding hydrogens is 626 g/mol. The van der Waals surface area contributed by atoms with Crippen molar-refractivity contribution in [2.75, 3.05) is 18.5 Å². The number of nitrogens with zero attached hydrogens (tertiary/aromatic N) is 2. The molecule has 0 spiro atoms. The molecule has 3 bridgehead atoms. The van der Waals surface area contributed by atoms with Gasteiger partial charge in [-0.25, -0.2) is 9.80 Å². The molecule has 3 fully saturated rings. The standard InChI is InChI=1S/C37H43N5O7/c1-22(2)38-36-39-28-14-13-25(17-31(28)48-36)34(44)41-42(19-24-11-7-4-8-12-24)20-30(43)29(15-23-9-5-3-6-10-23)40-37(45)49-33-27-16-26-18-32(33)47-35(26)46-21-27/h3-14,17,22,26-27,29-30,32-33,35,43H,15-16,18-21H2,1-2H3,(H,38,39)(H,40,45)(H,41,44)/t26?,27?,29-,30-,32?,33?,35?/m0/s1. The van der Waals surface area contributed by atoms with Crippen molar-refractivity contribution in [3.8, 4) is 0 Å². The van der Waals surface area contributed by atoms with E-state index in [-0.39, 0.29) is 36.8 Å². The number of ether oxygens (including phenoxy) is 3. The summed E-state index contributed by atoms with van der Waals surface area (Å²) in [4.78, 5) is 31.5. The minimum Gasteiger partial charge on any atom is -0.443 e. The average molecular weight is 670 g/mol. The average Bonchev–Trinajstić information content (AvgIpc) is 3.62. The van der Waals surface area contributed by atoms with E-state index in [0.717, 1.165) is 24.0 Å². The third kappa shape index (κ3) is 7.88. The third-order valence-corrected chi connectivity index (χ3v) is 9.40. The van der Waals surface area contributed by atoms with Gasteiger partial charge in [-0.15, -0.1) is 0 Å². The van der Waals surface area contributed by atoms with Crippen LogP contribution in [-0.4, -0.2) is 76.9 Å². The number of aliphatic hydroxyl groups is 1. The zero-order valence-electron chi connectivity index (χ0n) is 27.7. The fourth-order valence-electron chi connectivity index (χ4n) is 7.07. The molecule has 49 heavy (non-hydrogen) atoms. The van der Waals surface area contributed by atoms with Crippen LogP contribution in [-0.2, 0) is 27.2 Å². The lowest BCUT2D eigenvalue weighted by atomic mass is 9.78. The maximum atomic E-state index is 13.6. The van der Waals surface area contributed by atoms with E-state index in [1.807, 2.05) is 74.5 Å². The summed E-state index contributed by atoms with van der Waals surface area (Å²) in [7, 11) is 0. The predicted molar refractivity (Wildman–Crippen MR) is 181 cm³/mol. The second kappa shape index (κ2) is 14.6. The Labute approximate surface area is 285 Å². The van der Waals surface area contributed by atoms with Gasteiger partial charge in [0.1, 0.15) is 11.6 Å². The number of oxazole rings is 1. The number of carbonyl (C=O) groups is 2. The first-order chi connectivity index (χ1) is 23.8.